The van der Waals surface area contributed by atoms with Crippen LogP contribution in [0.3, 0.4) is 0 Å². The van der Waals surface area contributed by atoms with E-state index in [9.17, 15) is 4.79 Å². The third-order valence-electron chi connectivity index (χ3n) is 4.54. The molecule has 0 aliphatic carbocycles. The molecule has 0 radical (unpaired) electrons. The summed E-state index contributed by atoms with van der Waals surface area (Å²) in [6, 6.07) is 22.7. The van der Waals surface area contributed by atoms with Gasteiger partial charge in [-0.25, -0.2) is 0 Å². The summed E-state index contributed by atoms with van der Waals surface area (Å²) in [7, 11) is 0. The minimum absolute atomic E-state index is 0.204. The van der Waals surface area contributed by atoms with Gasteiger partial charge >= 0.3 is 0 Å². The van der Waals surface area contributed by atoms with E-state index >= 15 is 0 Å². The van der Waals surface area contributed by atoms with Crippen LogP contribution in [0.25, 0.3) is 0 Å². The van der Waals surface area contributed by atoms with Gasteiger partial charge in [-0.1, -0.05) is 43.3 Å². The van der Waals surface area contributed by atoms with Crippen LogP contribution in [0.2, 0.25) is 0 Å². The largest absolute Gasteiger partial charge is 0.481 e. The van der Waals surface area contributed by atoms with Crippen LogP contribution in [0, 0.1) is 13.8 Å². The number of carbonyl (C=O) groups excluding carboxylic acids is 1. The molecule has 1 atom stereocenters. The number of rotatable bonds is 7. The smallest absolute Gasteiger partial charge is 0.265 e. The summed E-state index contributed by atoms with van der Waals surface area (Å²) >= 11 is 0. The Balaban J connectivity index is 1.73. The first-order valence-corrected chi connectivity index (χ1v) is 9.43. The number of hydrogen-bond donors (Lipinski definition) is 1. The van der Waals surface area contributed by atoms with Gasteiger partial charge in [0.25, 0.3) is 5.91 Å². The molecule has 4 nitrogen and oxygen atoms in total. The molecule has 3 rings (SSSR count). The Morgan fingerprint density at radius 2 is 1.61 bits per heavy atom. The van der Waals surface area contributed by atoms with E-state index in [1.165, 1.54) is 5.56 Å². The van der Waals surface area contributed by atoms with Crippen molar-refractivity contribution in [2.45, 2.75) is 33.3 Å². The zero-order valence-electron chi connectivity index (χ0n) is 16.4. The van der Waals surface area contributed by atoms with Crippen molar-refractivity contribution in [3.05, 3.63) is 83.9 Å². The molecule has 28 heavy (non-hydrogen) atoms. The van der Waals surface area contributed by atoms with Gasteiger partial charge in [-0.2, -0.15) is 0 Å². The van der Waals surface area contributed by atoms with Crippen molar-refractivity contribution >= 4 is 11.6 Å². The highest BCUT2D eigenvalue weighted by Crippen LogP contribution is 2.29. The molecule has 0 aromatic heterocycles. The van der Waals surface area contributed by atoms with Gasteiger partial charge in [0.1, 0.15) is 11.5 Å². The maximum Gasteiger partial charge on any atom is 0.265 e. The molecule has 0 aliphatic heterocycles. The second kappa shape index (κ2) is 9.09. The molecule has 1 N–H and O–H groups in total. The molecule has 0 heterocycles. The first kappa shape index (κ1) is 19.5. The lowest BCUT2D eigenvalue weighted by atomic mass is 10.1. The fourth-order valence-electron chi connectivity index (χ4n) is 2.76. The van der Waals surface area contributed by atoms with Gasteiger partial charge in [0.2, 0.25) is 0 Å². The molecular formula is C24H25NO3. The Hall–Kier alpha value is -3.27. The third-order valence-corrected chi connectivity index (χ3v) is 4.54. The normalized spacial score (nSPS) is 11.5. The van der Waals surface area contributed by atoms with Gasteiger partial charge in [-0.05, 0) is 67.8 Å². The Kier molecular flexibility index (Phi) is 6.33. The summed E-state index contributed by atoms with van der Waals surface area (Å²) in [6.45, 7) is 6.00. The second-order valence-electron chi connectivity index (χ2n) is 6.66. The molecule has 0 aliphatic rings. The molecule has 0 bridgehead atoms. The quantitative estimate of drug-likeness (QED) is 0.560. The summed E-state index contributed by atoms with van der Waals surface area (Å²) in [5.41, 5.74) is 2.93. The lowest BCUT2D eigenvalue weighted by Crippen LogP contribution is -2.32. The standard InChI is InChI=1S/C24H25NO3/c1-4-22(28-20-15-14-17(2)18(3)16-20)24(26)25-21-12-8-9-13-23(21)27-19-10-6-5-7-11-19/h5-16,22H,4H2,1-3H3,(H,25,26)/t22-/m0/s1. The molecule has 0 fully saturated rings. The van der Waals surface area contributed by atoms with E-state index in [2.05, 4.69) is 5.32 Å². The van der Waals surface area contributed by atoms with Crippen LogP contribution in [0.5, 0.6) is 17.2 Å². The fraction of sp³-hybridized carbons (Fsp3) is 0.208. The topological polar surface area (TPSA) is 47.6 Å². The number of anilines is 1. The molecular weight excluding hydrogens is 350 g/mol. The lowest BCUT2D eigenvalue weighted by Gasteiger charge is -2.19. The van der Waals surface area contributed by atoms with Crippen LogP contribution in [0.4, 0.5) is 5.69 Å². The van der Waals surface area contributed by atoms with Crippen molar-refractivity contribution in [2.75, 3.05) is 5.32 Å². The number of carbonyl (C=O) groups is 1. The third kappa shape index (κ3) is 4.92. The predicted octanol–water partition coefficient (Wildman–Crippen LogP) is 5.89. The van der Waals surface area contributed by atoms with Gasteiger partial charge in [-0.15, -0.1) is 0 Å². The SMILES string of the molecule is CC[C@H](Oc1ccc(C)c(C)c1)C(=O)Nc1ccccc1Oc1ccccc1. The van der Waals surface area contributed by atoms with E-state index in [1.807, 2.05) is 93.6 Å². The van der Waals surface area contributed by atoms with Crippen LogP contribution >= 0.6 is 0 Å². The van der Waals surface area contributed by atoms with Crippen LogP contribution < -0.4 is 14.8 Å². The first-order valence-electron chi connectivity index (χ1n) is 9.43. The monoisotopic (exact) mass is 375 g/mol. The predicted molar refractivity (Wildman–Crippen MR) is 112 cm³/mol. The average molecular weight is 375 g/mol. The van der Waals surface area contributed by atoms with Crippen molar-refractivity contribution in [1.29, 1.82) is 0 Å². The summed E-state index contributed by atoms with van der Waals surface area (Å²) in [5.74, 6) is 1.79. The highest BCUT2D eigenvalue weighted by atomic mass is 16.5. The summed E-state index contributed by atoms with van der Waals surface area (Å²) in [5, 5.41) is 2.94. The van der Waals surface area contributed by atoms with Gasteiger partial charge in [0.15, 0.2) is 11.9 Å². The zero-order valence-corrected chi connectivity index (χ0v) is 16.4. The molecule has 144 valence electrons. The maximum atomic E-state index is 12.8. The highest BCUT2D eigenvalue weighted by Gasteiger charge is 2.20. The number of ether oxygens (including phenoxy) is 2. The Labute approximate surface area is 166 Å². The van der Waals surface area contributed by atoms with Crippen molar-refractivity contribution in [2.24, 2.45) is 0 Å². The highest BCUT2D eigenvalue weighted by molar-refractivity contribution is 5.95. The maximum absolute atomic E-state index is 12.8. The van der Waals surface area contributed by atoms with Crippen LogP contribution in [-0.2, 0) is 4.79 Å². The van der Waals surface area contributed by atoms with Crippen molar-refractivity contribution in [3.63, 3.8) is 0 Å². The Morgan fingerprint density at radius 3 is 2.32 bits per heavy atom. The first-order chi connectivity index (χ1) is 13.6. The van der Waals surface area contributed by atoms with E-state index in [-0.39, 0.29) is 5.91 Å². The molecule has 1 amide bonds. The minimum Gasteiger partial charge on any atom is -0.481 e. The summed E-state index contributed by atoms with van der Waals surface area (Å²) in [4.78, 5) is 12.8. The summed E-state index contributed by atoms with van der Waals surface area (Å²) < 4.78 is 11.9. The van der Waals surface area contributed by atoms with Crippen molar-refractivity contribution in [1.82, 2.24) is 0 Å². The van der Waals surface area contributed by atoms with Gasteiger partial charge in [0.05, 0.1) is 5.69 Å². The lowest BCUT2D eigenvalue weighted by molar-refractivity contribution is -0.122. The molecule has 0 spiro atoms. The van der Waals surface area contributed by atoms with E-state index in [0.29, 0.717) is 29.4 Å². The van der Waals surface area contributed by atoms with Crippen LogP contribution in [0.15, 0.2) is 72.8 Å². The zero-order chi connectivity index (χ0) is 19.9. The number of nitrogens with one attached hydrogen (secondary N) is 1. The molecule has 4 heteroatoms. The molecule has 0 unspecified atom stereocenters. The Morgan fingerprint density at radius 1 is 0.893 bits per heavy atom. The minimum atomic E-state index is -0.591. The van der Waals surface area contributed by atoms with Gasteiger partial charge in [0, 0.05) is 0 Å². The van der Waals surface area contributed by atoms with Gasteiger partial charge < -0.3 is 14.8 Å². The molecule has 0 saturated heterocycles. The van der Waals surface area contributed by atoms with E-state index < -0.39 is 6.10 Å². The number of benzene rings is 3. The number of para-hydroxylation sites is 3. The van der Waals surface area contributed by atoms with Crippen molar-refractivity contribution in [3.8, 4) is 17.2 Å². The number of hydrogen-bond acceptors (Lipinski definition) is 3. The van der Waals surface area contributed by atoms with E-state index in [1.54, 1.807) is 0 Å². The molecule has 3 aromatic rings. The van der Waals surface area contributed by atoms with Crippen LogP contribution in [-0.4, -0.2) is 12.0 Å². The van der Waals surface area contributed by atoms with Crippen molar-refractivity contribution < 1.29 is 14.3 Å². The average Bonchev–Trinajstić information content (AvgIpc) is 2.71. The second-order valence-corrected chi connectivity index (χ2v) is 6.66. The molecule has 3 aromatic carbocycles. The number of aryl methyl sites for hydroxylation is 2. The Bertz CT molecular complexity index is 938. The molecule has 0 saturated carbocycles. The summed E-state index contributed by atoms with van der Waals surface area (Å²) in [6.07, 6.45) is -0.0348. The van der Waals surface area contributed by atoms with E-state index in [0.717, 1.165) is 5.56 Å². The van der Waals surface area contributed by atoms with E-state index in [4.69, 9.17) is 9.47 Å². The van der Waals surface area contributed by atoms with Crippen LogP contribution in [0.1, 0.15) is 24.5 Å². The number of amides is 1. The van der Waals surface area contributed by atoms with Gasteiger partial charge in [-0.3, -0.25) is 4.79 Å². The fourth-order valence-corrected chi connectivity index (χ4v) is 2.76.